The Kier molecular flexibility index (Phi) is 5.76. The Hall–Kier alpha value is -2.86. The lowest BCUT2D eigenvalue weighted by Gasteiger charge is -2.16. The molecule has 0 aliphatic rings. The maximum Gasteiger partial charge on any atom is 0.258 e. The van der Waals surface area contributed by atoms with Gasteiger partial charge >= 0.3 is 0 Å². The molecule has 1 N–H and O–H groups in total. The number of carbonyl (C=O) groups excluding carboxylic acids is 1. The van der Waals surface area contributed by atoms with Crippen LogP contribution in [0.15, 0.2) is 49.1 Å². The van der Waals surface area contributed by atoms with Gasteiger partial charge in [0.2, 0.25) is 0 Å². The van der Waals surface area contributed by atoms with Crippen LogP contribution in [0.1, 0.15) is 29.7 Å². The Morgan fingerprint density at radius 1 is 1.22 bits per heavy atom. The van der Waals surface area contributed by atoms with Crippen molar-refractivity contribution in [2.75, 3.05) is 6.61 Å². The summed E-state index contributed by atoms with van der Waals surface area (Å²) in [5, 5.41) is 7.70. The zero-order valence-corrected chi connectivity index (χ0v) is 16.2. The van der Waals surface area contributed by atoms with Crippen molar-refractivity contribution in [3.63, 3.8) is 0 Å². The third kappa shape index (κ3) is 4.65. The van der Waals surface area contributed by atoms with Crippen LogP contribution in [-0.4, -0.2) is 27.3 Å². The number of amides is 1. The molecule has 6 nitrogen and oxygen atoms in total. The minimum Gasteiger partial charge on any atom is -0.483 e. The molecule has 3 aromatic rings. The summed E-state index contributed by atoms with van der Waals surface area (Å²) in [5.41, 5.74) is 3.71. The first-order chi connectivity index (χ1) is 12.9. The average Bonchev–Trinajstić information content (AvgIpc) is 3.15. The molecule has 1 atom stereocenters. The van der Waals surface area contributed by atoms with Crippen LogP contribution in [0.5, 0.6) is 5.75 Å². The van der Waals surface area contributed by atoms with Crippen molar-refractivity contribution >= 4 is 17.5 Å². The van der Waals surface area contributed by atoms with E-state index in [0.717, 1.165) is 22.4 Å². The number of hydrogen-bond acceptors (Lipinski definition) is 4. The van der Waals surface area contributed by atoms with E-state index in [1.807, 2.05) is 57.2 Å². The molecule has 0 aliphatic carbocycles. The van der Waals surface area contributed by atoms with E-state index in [9.17, 15) is 4.79 Å². The van der Waals surface area contributed by atoms with Gasteiger partial charge in [-0.05, 0) is 61.7 Å². The van der Waals surface area contributed by atoms with Gasteiger partial charge in [-0.25, -0.2) is 9.67 Å². The molecule has 2 aromatic carbocycles. The number of halogens is 1. The molecule has 0 saturated heterocycles. The van der Waals surface area contributed by atoms with Gasteiger partial charge in [0.15, 0.2) is 6.61 Å². The lowest BCUT2D eigenvalue weighted by Crippen LogP contribution is -2.31. The Morgan fingerprint density at radius 3 is 2.48 bits per heavy atom. The minimum absolute atomic E-state index is 0.0509. The molecule has 1 heterocycles. The van der Waals surface area contributed by atoms with Crippen LogP contribution in [0.25, 0.3) is 5.69 Å². The molecule has 0 fully saturated rings. The lowest BCUT2D eigenvalue weighted by atomic mass is 10.1. The van der Waals surface area contributed by atoms with Crippen LogP contribution < -0.4 is 10.1 Å². The predicted molar refractivity (Wildman–Crippen MR) is 104 cm³/mol. The first kappa shape index (κ1) is 18.9. The maximum absolute atomic E-state index is 12.3. The molecule has 0 bridgehead atoms. The average molecular weight is 385 g/mol. The van der Waals surface area contributed by atoms with E-state index in [4.69, 9.17) is 16.3 Å². The Labute approximate surface area is 163 Å². The molecular formula is C20H21ClN4O2. The molecule has 0 aliphatic heterocycles. The molecule has 1 aromatic heterocycles. The summed E-state index contributed by atoms with van der Waals surface area (Å²) < 4.78 is 7.38. The monoisotopic (exact) mass is 384 g/mol. The van der Waals surface area contributed by atoms with Gasteiger partial charge < -0.3 is 10.1 Å². The van der Waals surface area contributed by atoms with E-state index in [2.05, 4.69) is 15.4 Å². The highest BCUT2D eigenvalue weighted by Crippen LogP contribution is 2.27. The van der Waals surface area contributed by atoms with E-state index in [1.165, 1.54) is 6.33 Å². The predicted octanol–water partition coefficient (Wildman–Crippen LogP) is 3.79. The summed E-state index contributed by atoms with van der Waals surface area (Å²) in [6.07, 6.45) is 3.12. The van der Waals surface area contributed by atoms with Gasteiger partial charge in [0, 0.05) is 5.02 Å². The molecule has 1 amide bonds. The molecular weight excluding hydrogens is 364 g/mol. The normalized spacial score (nSPS) is 11.9. The van der Waals surface area contributed by atoms with Crippen molar-refractivity contribution in [1.29, 1.82) is 0 Å². The van der Waals surface area contributed by atoms with Gasteiger partial charge in [0.05, 0.1) is 11.7 Å². The van der Waals surface area contributed by atoms with Crippen LogP contribution in [-0.2, 0) is 4.79 Å². The van der Waals surface area contributed by atoms with E-state index in [-0.39, 0.29) is 18.6 Å². The fourth-order valence-corrected chi connectivity index (χ4v) is 3.21. The number of nitrogens with one attached hydrogen (secondary N) is 1. The highest BCUT2D eigenvalue weighted by Gasteiger charge is 2.12. The number of aromatic nitrogens is 3. The van der Waals surface area contributed by atoms with Gasteiger partial charge in [-0.3, -0.25) is 4.79 Å². The first-order valence-corrected chi connectivity index (χ1v) is 8.95. The number of aryl methyl sites for hydroxylation is 2. The van der Waals surface area contributed by atoms with E-state index < -0.39 is 0 Å². The summed E-state index contributed by atoms with van der Waals surface area (Å²) in [7, 11) is 0. The summed E-state index contributed by atoms with van der Waals surface area (Å²) in [6.45, 7) is 5.70. The fourth-order valence-electron chi connectivity index (χ4n) is 2.89. The minimum atomic E-state index is -0.184. The maximum atomic E-state index is 12.3. The van der Waals surface area contributed by atoms with Crippen LogP contribution in [0.3, 0.4) is 0 Å². The van der Waals surface area contributed by atoms with E-state index in [0.29, 0.717) is 10.8 Å². The number of benzene rings is 2. The zero-order chi connectivity index (χ0) is 19.4. The molecule has 0 spiro atoms. The number of nitrogens with zero attached hydrogens (tertiary/aromatic N) is 3. The third-order valence-electron chi connectivity index (χ3n) is 4.23. The van der Waals surface area contributed by atoms with Crippen LogP contribution in [0, 0.1) is 13.8 Å². The molecule has 3 rings (SSSR count). The summed E-state index contributed by atoms with van der Waals surface area (Å²) >= 11 is 6.02. The number of rotatable bonds is 6. The number of carbonyl (C=O) groups is 1. The molecule has 0 radical (unpaired) electrons. The molecule has 0 saturated carbocycles. The molecule has 27 heavy (non-hydrogen) atoms. The topological polar surface area (TPSA) is 69.0 Å². The fraction of sp³-hybridized carbons (Fsp3) is 0.250. The van der Waals surface area contributed by atoms with Gasteiger partial charge in [0.1, 0.15) is 18.4 Å². The van der Waals surface area contributed by atoms with E-state index in [1.54, 1.807) is 11.0 Å². The standard InChI is InChI=1S/C20H21ClN4O2/c1-13-8-17(21)9-14(2)20(13)27-10-19(26)24-15(3)16-4-6-18(7-5-16)25-12-22-11-23-25/h4-9,11-12,15H,10H2,1-3H3,(H,24,26)/t15-/m0/s1. The second kappa shape index (κ2) is 8.22. The Morgan fingerprint density at radius 2 is 1.89 bits per heavy atom. The van der Waals surface area contributed by atoms with Gasteiger partial charge in [-0.1, -0.05) is 23.7 Å². The number of ether oxygens (including phenoxy) is 1. The second-order valence-electron chi connectivity index (χ2n) is 6.38. The largest absolute Gasteiger partial charge is 0.483 e. The SMILES string of the molecule is Cc1cc(Cl)cc(C)c1OCC(=O)N[C@@H](C)c1ccc(-n2cncn2)cc1. The first-order valence-electron chi connectivity index (χ1n) is 8.58. The summed E-state index contributed by atoms with van der Waals surface area (Å²) in [4.78, 5) is 16.2. The summed E-state index contributed by atoms with van der Waals surface area (Å²) in [6, 6.07) is 11.3. The molecule has 0 unspecified atom stereocenters. The van der Waals surface area contributed by atoms with E-state index >= 15 is 0 Å². The van der Waals surface area contributed by atoms with Crippen LogP contribution in [0.4, 0.5) is 0 Å². The number of hydrogen-bond donors (Lipinski definition) is 1. The highest BCUT2D eigenvalue weighted by atomic mass is 35.5. The Balaban J connectivity index is 1.58. The second-order valence-corrected chi connectivity index (χ2v) is 6.81. The lowest BCUT2D eigenvalue weighted by molar-refractivity contribution is -0.123. The van der Waals surface area contributed by atoms with Crippen molar-refractivity contribution < 1.29 is 9.53 Å². The third-order valence-corrected chi connectivity index (χ3v) is 4.44. The van der Waals surface area contributed by atoms with Crippen molar-refractivity contribution in [2.45, 2.75) is 26.8 Å². The van der Waals surface area contributed by atoms with Crippen molar-refractivity contribution in [3.05, 3.63) is 70.8 Å². The van der Waals surface area contributed by atoms with Crippen LogP contribution >= 0.6 is 11.6 Å². The van der Waals surface area contributed by atoms with Gasteiger partial charge in [0.25, 0.3) is 5.91 Å². The molecule has 140 valence electrons. The van der Waals surface area contributed by atoms with Crippen LogP contribution in [0.2, 0.25) is 5.02 Å². The Bertz CT molecular complexity index is 901. The van der Waals surface area contributed by atoms with Crippen molar-refractivity contribution in [2.24, 2.45) is 0 Å². The quantitative estimate of drug-likeness (QED) is 0.702. The van der Waals surface area contributed by atoms with Gasteiger partial charge in [-0.15, -0.1) is 0 Å². The van der Waals surface area contributed by atoms with Crippen molar-refractivity contribution in [1.82, 2.24) is 20.1 Å². The summed E-state index contributed by atoms with van der Waals surface area (Å²) in [5.74, 6) is 0.510. The van der Waals surface area contributed by atoms with Gasteiger partial charge in [-0.2, -0.15) is 5.10 Å². The van der Waals surface area contributed by atoms with Crippen molar-refractivity contribution in [3.8, 4) is 11.4 Å². The smallest absolute Gasteiger partial charge is 0.258 e. The zero-order valence-electron chi connectivity index (χ0n) is 15.4. The highest BCUT2D eigenvalue weighted by molar-refractivity contribution is 6.30. The molecule has 7 heteroatoms.